The Labute approximate surface area is 215 Å². The number of sulfonamides is 2. The summed E-state index contributed by atoms with van der Waals surface area (Å²) in [4.78, 5) is 13.0. The lowest BCUT2D eigenvalue weighted by molar-refractivity contribution is 0.0730. The van der Waals surface area contributed by atoms with Gasteiger partial charge >= 0.3 is 0 Å². The number of benzene rings is 3. The van der Waals surface area contributed by atoms with Crippen LogP contribution in [0.3, 0.4) is 0 Å². The van der Waals surface area contributed by atoms with E-state index in [1.54, 1.807) is 37.3 Å². The minimum atomic E-state index is -3.85. The molecule has 9 nitrogen and oxygen atoms in total. The van der Waals surface area contributed by atoms with Gasteiger partial charge in [0.1, 0.15) is 0 Å². The second kappa shape index (κ2) is 10.6. The molecule has 0 aromatic heterocycles. The zero-order chi connectivity index (χ0) is 25.9. The molecule has 1 amide bonds. The zero-order valence-corrected chi connectivity index (χ0v) is 21.7. The van der Waals surface area contributed by atoms with E-state index in [1.165, 1.54) is 40.7 Å². The number of anilines is 2. The first-order valence-corrected chi connectivity index (χ1v) is 14.2. The molecule has 3 aromatic rings. The third kappa shape index (κ3) is 5.88. The quantitative estimate of drug-likeness (QED) is 0.463. The Balaban J connectivity index is 1.49. The lowest BCUT2D eigenvalue weighted by Gasteiger charge is -2.26. The number of hydrogen-bond donors (Lipinski definition) is 2. The summed E-state index contributed by atoms with van der Waals surface area (Å²) in [6, 6.07) is 16.3. The van der Waals surface area contributed by atoms with Crippen LogP contribution in [-0.4, -0.2) is 53.4 Å². The molecule has 4 rings (SSSR count). The summed E-state index contributed by atoms with van der Waals surface area (Å²) in [6.07, 6.45) is 0. The maximum absolute atomic E-state index is 13.0. The SMILES string of the molecule is Cc1ccc(S(=O)(=O)N2CCOCC2)cc1C(=O)Nc1ccc(S(=O)(=O)Nc2ccc(Cl)cc2)cc1. The van der Waals surface area contributed by atoms with Gasteiger partial charge in [0, 0.05) is 35.1 Å². The van der Waals surface area contributed by atoms with Crippen LogP contribution in [0.4, 0.5) is 11.4 Å². The average Bonchev–Trinajstić information content (AvgIpc) is 2.86. The summed E-state index contributed by atoms with van der Waals surface area (Å²) in [5.74, 6) is -0.513. The maximum atomic E-state index is 13.0. The van der Waals surface area contributed by atoms with Crippen LogP contribution in [0, 0.1) is 6.92 Å². The highest BCUT2D eigenvalue weighted by atomic mass is 35.5. The first kappa shape index (κ1) is 26.1. The van der Waals surface area contributed by atoms with E-state index in [9.17, 15) is 21.6 Å². The van der Waals surface area contributed by atoms with E-state index in [2.05, 4.69) is 10.0 Å². The summed E-state index contributed by atoms with van der Waals surface area (Å²) in [5.41, 5.74) is 1.51. The molecule has 1 saturated heterocycles. The number of rotatable bonds is 7. The second-order valence-corrected chi connectivity index (χ2v) is 12.1. The van der Waals surface area contributed by atoms with Gasteiger partial charge in [-0.15, -0.1) is 0 Å². The predicted molar refractivity (Wildman–Crippen MR) is 137 cm³/mol. The topological polar surface area (TPSA) is 122 Å². The minimum absolute atomic E-state index is 0.00484. The van der Waals surface area contributed by atoms with Gasteiger partial charge in [-0.3, -0.25) is 9.52 Å². The molecule has 0 saturated carbocycles. The van der Waals surface area contributed by atoms with Crippen molar-refractivity contribution < 1.29 is 26.4 Å². The van der Waals surface area contributed by atoms with Crippen LogP contribution in [0.25, 0.3) is 0 Å². The molecule has 3 aromatic carbocycles. The van der Waals surface area contributed by atoms with Gasteiger partial charge in [-0.25, -0.2) is 16.8 Å². The smallest absolute Gasteiger partial charge is 0.261 e. The van der Waals surface area contributed by atoms with Crippen LogP contribution < -0.4 is 10.0 Å². The van der Waals surface area contributed by atoms with Crippen molar-refractivity contribution in [2.24, 2.45) is 0 Å². The standard InChI is InChI=1S/C24H24ClN3O6S2/c1-17-2-9-22(36(32,33)28-12-14-34-15-13-28)16-23(17)24(29)26-19-7-10-21(11-8-19)35(30,31)27-20-5-3-18(25)4-6-20/h2-11,16,27H,12-15H2,1H3,(H,26,29). The molecule has 1 heterocycles. The highest BCUT2D eigenvalue weighted by molar-refractivity contribution is 7.92. The molecular formula is C24H24ClN3O6S2. The largest absolute Gasteiger partial charge is 0.379 e. The van der Waals surface area contributed by atoms with Gasteiger partial charge in [-0.1, -0.05) is 17.7 Å². The van der Waals surface area contributed by atoms with E-state index in [4.69, 9.17) is 16.3 Å². The molecule has 0 aliphatic carbocycles. The Bertz CT molecular complexity index is 1470. The van der Waals surface area contributed by atoms with Gasteiger partial charge in [-0.05, 0) is 73.2 Å². The molecule has 1 aliphatic rings. The Hall–Kier alpha value is -2.96. The van der Waals surface area contributed by atoms with Gasteiger partial charge in [0.25, 0.3) is 15.9 Å². The number of aryl methyl sites for hydroxylation is 1. The average molecular weight is 550 g/mol. The Morgan fingerprint density at radius 3 is 2.08 bits per heavy atom. The molecule has 1 aliphatic heterocycles. The highest BCUT2D eigenvalue weighted by Crippen LogP contribution is 2.23. The van der Waals surface area contributed by atoms with Crippen molar-refractivity contribution in [3.05, 3.63) is 82.9 Å². The Kier molecular flexibility index (Phi) is 7.67. The van der Waals surface area contributed by atoms with Crippen LogP contribution in [0.1, 0.15) is 15.9 Å². The van der Waals surface area contributed by atoms with Crippen LogP contribution in [0.5, 0.6) is 0 Å². The van der Waals surface area contributed by atoms with Crippen molar-refractivity contribution in [3.8, 4) is 0 Å². The molecule has 1 fully saturated rings. The lowest BCUT2D eigenvalue weighted by atomic mass is 10.1. The number of nitrogens with one attached hydrogen (secondary N) is 2. The van der Waals surface area contributed by atoms with Crippen molar-refractivity contribution >= 4 is 48.9 Å². The molecule has 0 atom stereocenters. The van der Waals surface area contributed by atoms with E-state index in [0.717, 1.165) is 0 Å². The third-order valence-corrected chi connectivity index (χ3v) is 9.12. The number of carbonyl (C=O) groups excluding carboxylic acids is 1. The van der Waals surface area contributed by atoms with E-state index >= 15 is 0 Å². The minimum Gasteiger partial charge on any atom is -0.379 e. The molecular weight excluding hydrogens is 526 g/mol. The number of ether oxygens (including phenoxy) is 1. The zero-order valence-electron chi connectivity index (χ0n) is 19.3. The summed E-state index contributed by atoms with van der Waals surface area (Å²) in [7, 11) is -7.61. The first-order chi connectivity index (χ1) is 17.1. The highest BCUT2D eigenvalue weighted by Gasteiger charge is 2.27. The molecule has 12 heteroatoms. The monoisotopic (exact) mass is 549 g/mol. The van der Waals surface area contributed by atoms with E-state index < -0.39 is 26.0 Å². The van der Waals surface area contributed by atoms with E-state index in [0.29, 0.717) is 35.2 Å². The van der Waals surface area contributed by atoms with Crippen LogP contribution in [0.15, 0.2) is 76.5 Å². The van der Waals surface area contributed by atoms with Crippen molar-refractivity contribution in [2.75, 3.05) is 36.3 Å². The Morgan fingerprint density at radius 1 is 0.861 bits per heavy atom. The number of amides is 1. The molecule has 2 N–H and O–H groups in total. The van der Waals surface area contributed by atoms with E-state index in [1.807, 2.05) is 0 Å². The first-order valence-electron chi connectivity index (χ1n) is 10.9. The van der Waals surface area contributed by atoms with Crippen molar-refractivity contribution in [2.45, 2.75) is 16.7 Å². The lowest BCUT2D eigenvalue weighted by Crippen LogP contribution is -2.40. The van der Waals surface area contributed by atoms with Crippen LogP contribution in [-0.2, 0) is 24.8 Å². The van der Waals surface area contributed by atoms with Gasteiger partial charge < -0.3 is 10.1 Å². The number of halogens is 1. The predicted octanol–water partition coefficient (Wildman–Crippen LogP) is 3.72. The second-order valence-electron chi connectivity index (χ2n) is 8.08. The van der Waals surface area contributed by atoms with Crippen molar-refractivity contribution in [3.63, 3.8) is 0 Å². The maximum Gasteiger partial charge on any atom is 0.261 e. The fraction of sp³-hybridized carbons (Fsp3) is 0.208. The summed E-state index contributed by atoms with van der Waals surface area (Å²) in [5, 5.41) is 3.18. The molecule has 0 spiro atoms. The summed E-state index contributed by atoms with van der Waals surface area (Å²) in [6.45, 7) is 2.84. The normalized spacial score (nSPS) is 14.8. The van der Waals surface area contributed by atoms with Crippen molar-refractivity contribution in [1.82, 2.24) is 4.31 Å². The molecule has 0 radical (unpaired) electrons. The van der Waals surface area contributed by atoms with Crippen LogP contribution in [0.2, 0.25) is 5.02 Å². The van der Waals surface area contributed by atoms with Crippen LogP contribution >= 0.6 is 11.6 Å². The third-order valence-electron chi connectivity index (χ3n) is 5.58. The molecule has 0 unspecified atom stereocenters. The Morgan fingerprint density at radius 2 is 1.44 bits per heavy atom. The van der Waals surface area contributed by atoms with Gasteiger partial charge in [0.05, 0.1) is 23.0 Å². The number of carbonyl (C=O) groups is 1. The van der Waals surface area contributed by atoms with Gasteiger partial charge in [0.15, 0.2) is 0 Å². The fourth-order valence-electron chi connectivity index (χ4n) is 3.59. The number of morpholine rings is 1. The number of hydrogen-bond acceptors (Lipinski definition) is 6. The van der Waals surface area contributed by atoms with Gasteiger partial charge in [0.2, 0.25) is 10.0 Å². The van der Waals surface area contributed by atoms with Crippen molar-refractivity contribution in [1.29, 1.82) is 0 Å². The van der Waals surface area contributed by atoms with Gasteiger partial charge in [-0.2, -0.15) is 4.31 Å². The molecule has 190 valence electrons. The summed E-state index contributed by atoms with van der Waals surface area (Å²) < 4.78 is 60.3. The molecule has 0 bridgehead atoms. The number of nitrogens with zero attached hydrogens (tertiary/aromatic N) is 1. The summed E-state index contributed by atoms with van der Waals surface area (Å²) >= 11 is 5.83. The molecule has 36 heavy (non-hydrogen) atoms. The van der Waals surface area contributed by atoms with E-state index in [-0.39, 0.29) is 28.4 Å². The fourth-order valence-corrected chi connectivity index (χ4v) is 6.21.